The summed E-state index contributed by atoms with van der Waals surface area (Å²) in [5.41, 5.74) is 7.68. The number of rotatable bonds is 4. The zero-order valence-electron chi connectivity index (χ0n) is 11.7. The quantitative estimate of drug-likeness (QED) is 0.772. The van der Waals surface area contributed by atoms with Gasteiger partial charge in [-0.15, -0.1) is 0 Å². The largest absolute Gasteiger partial charge is 0.370 e. The molecule has 3 aromatic rings. The lowest BCUT2D eigenvalue weighted by Gasteiger charge is -2.17. The van der Waals surface area contributed by atoms with Crippen LogP contribution in [0.1, 0.15) is 23.5 Å². The summed E-state index contributed by atoms with van der Waals surface area (Å²) in [5.74, 6) is -0.273. The molecule has 3 aromatic carbocycles. The molecule has 2 N–H and O–H groups in total. The molecule has 0 spiro atoms. The van der Waals surface area contributed by atoms with Gasteiger partial charge in [-0.3, -0.25) is 4.79 Å². The minimum absolute atomic E-state index is 0.00769. The van der Waals surface area contributed by atoms with Crippen LogP contribution in [-0.4, -0.2) is 5.91 Å². The van der Waals surface area contributed by atoms with E-state index in [0.717, 1.165) is 11.1 Å². The van der Waals surface area contributed by atoms with Gasteiger partial charge in [0.25, 0.3) is 0 Å². The maximum atomic E-state index is 11.4. The molecule has 0 aromatic heterocycles. The van der Waals surface area contributed by atoms with Crippen LogP contribution in [0.5, 0.6) is 0 Å². The second kappa shape index (κ2) is 5.80. The summed E-state index contributed by atoms with van der Waals surface area (Å²) in [5, 5.41) is 2.38. The second-order valence-corrected chi connectivity index (χ2v) is 5.24. The highest BCUT2D eigenvalue weighted by atomic mass is 16.1. The van der Waals surface area contributed by atoms with Gasteiger partial charge in [0.15, 0.2) is 0 Å². The van der Waals surface area contributed by atoms with E-state index in [1.54, 1.807) is 0 Å². The molecule has 104 valence electrons. The average molecular weight is 275 g/mol. The molecule has 0 radical (unpaired) electrons. The van der Waals surface area contributed by atoms with E-state index in [1.807, 2.05) is 42.5 Å². The molecule has 0 bridgehead atoms. The minimum Gasteiger partial charge on any atom is -0.370 e. The Labute approximate surface area is 124 Å². The molecule has 0 heterocycles. The van der Waals surface area contributed by atoms with E-state index in [1.165, 1.54) is 10.8 Å². The van der Waals surface area contributed by atoms with E-state index in [-0.39, 0.29) is 11.8 Å². The zero-order chi connectivity index (χ0) is 14.7. The molecule has 0 aliphatic rings. The minimum atomic E-state index is -0.281. The van der Waals surface area contributed by atoms with Crippen molar-refractivity contribution >= 4 is 16.7 Å². The Morgan fingerprint density at radius 3 is 2.19 bits per heavy atom. The molecule has 2 nitrogen and oxygen atoms in total. The molecular formula is C19H17NO. The fourth-order valence-electron chi connectivity index (χ4n) is 2.74. The number of amides is 1. The topological polar surface area (TPSA) is 43.1 Å². The van der Waals surface area contributed by atoms with Gasteiger partial charge in [0.1, 0.15) is 0 Å². The van der Waals surface area contributed by atoms with Crippen molar-refractivity contribution < 1.29 is 4.79 Å². The van der Waals surface area contributed by atoms with Crippen molar-refractivity contribution in [2.24, 2.45) is 5.73 Å². The maximum absolute atomic E-state index is 11.4. The van der Waals surface area contributed by atoms with Crippen LogP contribution < -0.4 is 5.73 Å². The number of carbonyl (C=O) groups is 1. The van der Waals surface area contributed by atoms with Crippen molar-refractivity contribution in [1.29, 1.82) is 0 Å². The first-order chi connectivity index (χ1) is 10.2. The van der Waals surface area contributed by atoms with Gasteiger partial charge in [0.05, 0.1) is 0 Å². The van der Waals surface area contributed by atoms with Gasteiger partial charge in [-0.05, 0) is 21.9 Å². The fourth-order valence-corrected chi connectivity index (χ4v) is 2.74. The summed E-state index contributed by atoms with van der Waals surface area (Å²) >= 11 is 0. The van der Waals surface area contributed by atoms with Crippen LogP contribution in [0.2, 0.25) is 0 Å². The summed E-state index contributed by atoms with van der Waals surface area (Å²) in [6.45, 7) is 0. The number of benzene rings is 3. The smallest absolute Gasteiger partial charge is 0.218 e. The Balaban J connectivity index is 2.07. The molecular weight excluding hydrogens is 258 g/mol. The first-order valence-corrected chi connectivity index (χ1v) is 7.06. The van der Waals surface area contributed by atoms with Crippen LogP contribution in [0.3, 0.4) is 0 Å². The molecule has 0 fully saturated rings. The molecule has 1 unspecified atom stereocenters. The van der Waals surface area contributed by atoms with Crippen LogP contribution >= 0.6 is 0 Å². The van der Waals surface area contributed by atoms with Crippen molar-refractivity contribution in [3.63, 3.8) is 0 Å². The van der Waals surface area contributed by atoms with Gasteiger partial charge in [0.2, 0.25) is 5.91 Å². The summed E-state index contributed by atoms with van der Waals surface area (Å²) in [6.07, 6.45) is 0.322. The molecule has 3 rings (SSSR count). The molecule has 0 aliphatic heterocycles. The molecule has 0 aliphatic carbocycles. The van der Waals surface area contributed by atoms with Crippen molar-refractivity contribution in [3.05, 3.63) is 83.9 Å². The molecule has 1 amide bonds. The number of hydrogen-bond acceptors (Lipinski definition) is 1. The number of fused-ring (bicyclic) bond motifs is 1. The monoisotopic (exact) mass is 275 g/mol. The lowest BCUT2D eigenvalue weighted by atomic mass is 9.87. The third kappa shape index (κ3) is 2.95. The van der Waals surface area contributed by atoms with Crippen LogP contribution in [0.15, 0.2) is 72.8 Å². The highest BCUT2D eigenvalue weighted by Crippen LogP contribution is 2.30. The van der Waals surface area contributed by atoms with E-state index in [9.17, 15) is 4.79 Å². The van der Waals surface area contributed by atoms with Crippen LogP contribution in [0.25, 0.3) is 10.8 Å². The SMILES string of the molecule is NC(=O)CC(c1ccccc1)c1ccc2ccccc2c1. The molecule has 2 heteroatoms. The van der Waals surface area contributed by atoms with E-state index < -0.39 is 0 Å². The summed E-state index contributed by atoms with van der Waals surface area (Å²) in [6, 6.07) is 24.6. The second-order valence-electron chi connectivity index (χ2n) is 5.24. The van der Waals surface area contributed by atoms with Crippen LogP contribution in [0, 0.1) is 0 Å². The predicted molar refractivity (Wildman–Crippen MR) is 86.0 cm³/mol. The van der Waals surface area contributed by atoms with E-state index in [2.05, 4.69) is 30.3 Å². The van der Waals surface area contributed by atoms with Gasteiger partial charge in [-0.25, -0.2) is 0 Å². The standard InChI is InChI=1S/C19H17NO/c20-19(21)13-18(15-7-2-1-3-8-15)17-11-10-14-6-4-5-9-16(14)12-17/h1-12,18H,13H2,(H2,20,21). The normalized spacial score (nSPS) is 12.2. The molecule has 0 saturated carbocycles. The van der Waals surface area contributed by atoms with Crippen molar-refractivity contribution in [1.82, 2.24) is 0 Å². The predicted octanol–water partition coefficient (Wildman–Crippen LogP) is 3.85. The first-order valence-electron chi connectivity index (χ1n) is 7.06. The lowest BCUT2D eigenvalue weighted by Crippen LogP contribution is -2.16. The van der Waals surface area contributed by atoms with E-state index >= 15 is 0 Å². The lowest BCUT2D eigenvalue weighted by molar-refractivity contribution is -0.118. The third-order valence-electron chi connectivity index (χ3n) is 3.78. The van der Waals surface area contributed by atoms with Crippen molar-refractivity contribution in [3.8, 4) is 0 Å². The van der Waals surface area contributed by atoms with Crippen LogP contribution in [-0.2, 0) is 4.79 Å². The maximum Gasteiger partial charge on any atom is 0.218 e. The van der Waals surface area contributed by atoms with Gasteiger partial charge < -0.3 is 5.73 Å². The highest BCUT2D eigenvalue weighted by molar-refractivity contribution is 5.83. The number of hydrogen-bond donors (Lipinski definition) is 1. The molecule has 0 saturated heterocycles. The van der Waals surface area contributed by atoms with Gasteiger partial charge in [-0.2, -0.15) is 0 Å². The average Bonchev–Trinajstić information content (AvgIpc) is 2.53. The van der Waals surface area contributed by atoms with E-state index in [0.29, 0.717) is 6.42 Å². The third-order valence-corrected chi connectivity index (χ3v) is 3.78. The number of nitrogens with two attached hydrogens (primary N) is 1. The first kappa shape index (κ1) is 13.4. The summed E-state index contributed by atoms with van der Waals surface area (Å²) in [7, 11) is 0. The van der Waals surface area contributed by atoms with Crippen LogP contribution in [0.4, 0.5) is 0 Å². The highest BCUT2D eigenvalue weighted by Gasteiger charge is 2.16. The Kier molecular flexibility index (Phi) is 3.69. The number of carbonyl (C=O) groups excluding carboxylic acids is 1. The summed E-state index contributed by atoms with van der Waals surface area (Å²) < 4.78 is 0. The van der Waals surface area contributed by atoms with Crippen molar-refractivity contribution in [2.45, 2.75) is 12.3 Å². The van der Waals surface area contributed by atoms with Crippen molar-refractivity contribution in [2.75, 3.05) is 0 Å². The van der Waals surface area contributed by atoms with Gasteiger partial charge in [0, 0.05) is 12.3 Å². The van der Waals surface area contributed by atoms with E-state index in [4.69, 9.17) is 5.73 Å². The Morgan fingerprint density at radius 2 is 1.48 bits per heavy atom. The van der Waals surface area contributed by atoms with Gasteiger partial charge in [-0.1, -0.05) is 72.8 Å². The van der Waals surface area contributed by atoms with Gasteiger partial charge >= 0.3 is 0 Å². The Morgan fingerprint density at radius 1 is 0.810 bits per heavy atom. The number of primary amides is 1. The Hall–Kier alpha value is -2.61. The Bertz CT molecular complexity index is 765. The fraction of sp³-hybridized carbons (Fsp3) is 0.105. The molecule has 1 atom stereocenters. The molecule has 21 heavy (non-hydrogen) atoms. The zero-order valence-corrected chi connectivity index (χ0v) is 11.7. The summed E-state index contributed by atoms with van der Waals surface area (Å²) in [4.78, 5) is 11.4.